The van der Waals surface area contributed by atoms with E-state index in [1.807, 2.05) is 0 Å². The number of carbonyl (C=O) groups is 1. The van der Waals surface area contributed by atoms with Gasteiger partial charge in [0, 0.05) is 5.02 Å². The minimum atomic E-state index is -1.25. The third-order valence-electron chi connectivity index (χ3n) is 1.20. The number of halogens is 1. The molecule has 0 radical (unpaired) electrons. The number of hydrogen-bond donors (Lipinski definition) is 1. The van der Waals surface area contributed by atoms with E-state index < -0.39 is 11.7 Å². The fraction of sp³-hybridized carbons (Fsp3) is 0. The molecule has 0 bridgehead atoms. The highest BCUT2D eigenvalue weighted by Gasteiger charge is 2.03. The normalized spacial score (nSPS) is 9.55. The van der Waals surface area contributed by atoms with Gasteiger partial charge in [-0.2, -0.15) is 0 Å². The Bertz CT molecular complexity index is 296. The number of benzene rings is 1. The van der Waals surface area contributed by atoms with E-state index >= 15 is 0 Å². The first-order chi connectivity index (χ1) is 5.13. The molecule has 0 fully saturated rings. The Morgan fingerprint density at radius 1 is 1.55 bits per heavy atom. The van der Waals surface area contributed by atoms with Gasteiger partial charge in [-0.1, -0.05) is 23.4 Å². The lowest BCUT2D eigenvalue weighted by molar-refractivity contribution is -0.268. The van der Waals surface area contributed by atoms with Crippen molar-refractivity contribution in [1.29, 1.82) is 0 Å². The molecule has 1 aromatic carbocycles. The van der Waals surface area contributed by atoms with E-state index in [4.69, 9.17) is 16.7 Å². The Hall–Kier alpha value is -1.22. The van der Waals surface area contributed by atoms with Crippen LogP contribution in [0.3, 0.4) is 0 Å². The molecule has 0 aliphatic carbocycles. The standard InChI is InChI=1S/C7H5ClO3/c8-5-3-1-2-4(6(5)9)7(10)11/h1-3,9H,(H,10,11)/p-1. The van der Waals surface area contributed by atoms with Crippen LogP contribution in [0, 0.1) is 0 Å². The average Bonchev–Trinajstić information content (AvgIpc) is 1.94. The summed E-state index contributed by atoms with van der Waals surface area (Å²) in [6.07, 6.45) is 0. The highest BCUT2D eigenvalue weighted by molar-refractivity contribution is 6.32. The molecule has 0 heterocycles. The van der Waals surface area contributed by atoms with Crippen LogP contribution in [-0.4, -0.2) is 11.1 Å². The summed E-state index contributed by atoms with van der Waals surface area (Å²) in [6, 6.07) is 4.00. The van der Waals surface area contributed by atoms with E-state index in [0.717, 1.165) is 0 Å². The molecule has 0 aliphatic rings. The van der Waals surface area contributed by atoms with Gasteiger partial charge in [-0.25, -0.2) is 4.79 Å². The number of aromatic carboxylic acids is 1. The second-order valence-electron chi connectivity index (χ2n) is 1.92. The van der Waals surface area contributed by atoms with Crippen LogP contribution in [0.1, 0.15) is 10.4 Å². The molecule has 0 atom stereocenters. The molecule has 0 aromatic heterocycles. The Morgan fingerprint density at radius 2 is 2.18 bits per heavy atom. The molecule has 11 heavy (non-hydrogen) atoms. The summed E-state index contributed by atoms with van der Waals surface area (Å²) in [5.74, 6) is -1.89. The molecular formula is C7H4ClO3-. The van der Waals surface area contributed by atoms with Gasteiger partial charge in [-0.15, -0.1) is 0 Å². The maximum absolute atomic E-state index is 10.9. The van der Waals surface area contributed by atoms with Gasteiger partial charge in [0.1, 0.15) is 0 Å². The lowest BCUT2D eigenvalue weighted by Gasteiger charge is -2.10. The molecule has 0 aliphatic heterocycles. The third kappa shape index (κ3) is 1.43. The smallest absolute Gasteiger partial charge is 0.335 e. The summed E-state index contributed by atoms with van der Waals surface area (Å²) in [5, 5.41) is 19.3. The number of rotatable bonds is 1. The van der Waals surface area contributed by atoms with E-state index in [9.17, 15) is 9.90 Å². The molecule has 1 aromatic rings. The van der Waals surface area contributed by atoms with Crippen LogP contribution in [-0.2, 0) is 0 Å². The monoisotopic (exact) mass is 171 g/mol. The van der Waals surface area contributed by atoms with Crippen molar-refractivity contribution < 1.29 is 15.0 Å². The molecular weight excluding hydrogens is 168 g/mol. The number of carboxylic acids is 1. The highest BCUT2D eigenvalue weighted by Crippen LogP contribution is 2.23. The highest BCUT2D eigenvalue weighted by atomic mass is 35.5. The Labute approximate surface area is 67.8 Å². The molecule has 4 heteroatoms. The van der Waals surface area contributed by atoms with Crippen molar-refractivity contribution in [3.63, 3.8) is 0 Å². The van der Waals surface area contributed by atoms with E-state index in [1.165, 1.54) is 18.2 Å². The summed E-state index contributed by atoms with van der Waals surface area (Å²) in [4.78, 5) is 10.3. The minimum Gasteiger partial charge on any atom is -0.871 e. The second kappa shape index (κ2) is 2.80. The summed E-state index contributed by atoms with van der Waals surface area (Å²) in [6.45, 7) is 0. The molecule has 58 valence electrons. The summed E-state index contributed by atoms with van der Waals surface area (Å²) in [5.41, 5.74) is -0.294. The number of carboxylic acid groups (broad SMARTS) is 1. The topological polar surface area (TPSA) is 60.4 Å². The van der Waals surface area contributed by atoms with Gasteiger partial charge in [0.25, 0.3) is 0 Å². The van der Waals surface area contributed by atoms with Crippen LogP contribution in [0.5, 0.6) is 5.75 Å². The van der Waals surface area contributed by atoms with Gasteiger partial charge in [0.2, 0.25) is 0 Å². The first kappa shape index (κ1) is 7.88. The zero-order valence-corrected chi connectivity index (χ0v) is 6.13. The van der Waals surface area contributed by atoms with Crippen molar-refractivity contribution in [1.82, 2.24) is 0 Å². The Balaban J connectivity index is 3.27. The van der Waals surface area contributed by atoms with Crippen LogP contribution in [0.15, 0.2) is 18.2 Å². The molecule has 3 nitrogen and oxygen atoms in total. The van der Waals surface area contributed by atoms with Gasteiger partial charge >= 0.3 is 5.97 Å². The summed E-state index contributed by atoms with van der Waals surface area (Å²) in [7, 11) is 0. The Kier molecular flexibility index (Phi) is 2.01. The first-order valence-electron chi connectivity index (χ1n) is 2.81. The predicted molar refractivity (Wildman–Crippen MR) is 37.9 cm³/mol. The van der Waals surface area contributed by atoms with Gasteiger partial charge in [-0.05, 0) is 12.1 Å². The largest absolute Gasteiger partial charge is 0.871 e. The maximum atomic E-state index is 10.9. The molecule has 0 saturated heterocycles. The number of hydrogen-bond acceptors (Lipinski definition) is 2. The number of para-hydroxylation sites is 1. The van der Waals surface area contributed by atoms with Crippen LogP contribution in [0.2, 0.25) is 5.02 Å². The molecule has 0 amide bonds. The van der Waals surface area contributed by atoms with E-state index in [0.29, 0.717) is 0 Å². The zero-order chi connectivity index (χ0) is 8.43. The molecule has 0 unspecified atom stereocenters. The van der Waals surface area contributed by atoms with Crippen LogP contribution in [0.4, 0.5) is 0 Å². The average molecular weight is 172 g/mol. The molecule has 1 N–H and O–H groups in total. The van der Waals surface area contributed by atoms with Gasteiger partial charge in [0.05, 0.1) is 5.56 Å². The van der Waals surface area contributed by atoms with Crippen LogP contribution >= 0.6 is 11.6 Å². The molecule has 1 rings (SSSR count). The van der Waals surface area contributed by atoms with Gasteiger partial charge < -0.3 is 10.2 Å². The molecule has 0 spiro atoms. The van der Waals surface area contributed by atoms with Crippen molar-refractivity contribution in [2.75, 3.05) is 0 Å². The van der Waals surface area contributed by atoms with Gasteiger partial charge in [-0.3, -0.25) is 0 Å². The molecule has 0 saturated carbocycles. The van der Waals surface area contributed by atoms with E-state index in [-0.39, 0.29) is 10.6 Å². The van der Waals surface area contributed by atoms with Crippen molar-refractivity contribution in [3.05, 3.63) is 28.8 Å². The quantitative estimate of drug-likeness (QED) is 0.689. The second-order valence-corrected chi connectivity index (χ2v) is 2.33. The minimum absolute atomic E-state index is 0.0649. The summed E-state index contributed by atoms with van der Waals surface area (Å²) >= 11 is 5.38. The predicted octanol–water partition coefficient (Wildman–Crippen LogP) is 1.11. The lowest BCUT2D eigenvalue weighted by atomic mass is 10.2. The van der Waals surface area contributed by atoms with Crippen molar-refractivity contribution in [2.45, 2.75) is 0 Å². The van der Waals surface area contributed by atoms with Crippen molar-refractivity contribution in [2.24, 2.45) is 0 Å². The van der Waals surface area contributed by atoms with E-state index in [2.05, 4.69) is 0 Å². The van der Waals surface area contributed by atoms with Crippen molar-refractivity contribution in [3.8, 4) is 5.75 Å². The zero-order valence-electron chi connectivity index (χ0n) is 5.37. The lowest BCUT2D eigenvalue weighted by Crippen LogP contribution is -2.03. The Morgan fingerprint density at radius 3 is 2.64 bits per heavy atom. The van der Waals surface area contributed by atoms with Crippen LogP contribution in [0.25, 0.3) is 0 Å². The van der Waals surface area contributed by atoms with Crippen molar-refractivity contribution >= 4 is 17.6 Å². The summed E-state index contributed by atoms with van der Waals surface area (Å²) < 4.78 is 0. The van der Waals surface area contributed by atoms with Crippen LogP contribution < -0.4 is 5.11 Å². The maximum Gasteiger partial charge on any atom is 0.335 e. The van der Waals surface area contributed by atoms with Gasteiger partial charge in [0.15, 0.2) is 0 Å². The third-order valence-corrected chi connectivity index (χ3v) is 1.50. The van der Waals surface area contributed by atoms with E-state index in [1.54, 1.807) is 0 Å². The SMILES string of the molecule is O=C(O)c1cccc(Cl)c1[O-]. The first-order valence-corrected chi connectivity index (χ1v) is 3.19. The fourth-order valence-electron chi connectivity index (χ4n) is 0.677. The fourth-order valence-corrected chi connectivity index (χ4v) is 0.852.